The highest BCUT2D eigenvalue weighted by atomic mass is 35.5. The van der Waals surface area contributed by atoms with Crippen LogP contribution in [-0.4, -0.2) is 9.55 Å². The molecular weight excluding hydrogens is 265 g/mol. The van der Waals surface area contributed by atoms with Crippen molar-refractivity contribution in [3.8, 4) is 5.69 Å². The van der Waals surface area contributed by atoms with Crippen LogP contribution in [0.25, 0.3) is 16.7 Å². The van der Waals surface area contributed by atoms with E-state index in [9.17, 15) is 4.39 Å². The van der Waals surface area contributed by atoms with E-state index in [4.69, 9.17) is 17.3 Å². The van der Waals surface area contributed by atoms with E-state index in [1.165, 1.54) is 12.1 Å². The molecular formula is C14H11ClFN3. The van der Waals surface area contributed by atoms with Gasteiger partial charge in [-0.2, -0.15) is 0 Å². The maximum absolute atomic E-state index is 13.6. The number of hydrogen-bond acceptors (Lipinski definition) is 2. The average molecular weight is 276 g/mol. The third-order valence-corrected chi connectivity index (χ3v) is 3.31. The Morgan fingerprint density at radius 1 is 1.21 bits per heavy atom. The maximum Gasteiger partial charge on any atom is 0.143 e. The molecule has 0 aliphatic heterocycles. The van der Waals surface area contributed by atoms with Crippen molar-refractivity contribution in [3.63, 3.8) is 0 Å². The molecule has 0 spiro atoms. The van der Waals surface area contributed by atoms with E-state index in [-0.39, 0.29) is 5.02 Å². The molecule has 5 heteroatoms. The van der Waals surface area contributed by atoms with Crippen molar-refractivity contribution in [2.45, 2.75) is 6.92 Å². The lowest BCUT2D eigenvalue weighted by atomic mass is 10.2. The number of rotatable bonds is 1. The van der Waals surface area contributed by atoms with E-state index in [0.717, 1.165) is 16.9 Å². The second-order valence-electron chi connectivity index (χ2n) is 4.34. The lowest BCUT2D eigenvalue weighted by molar-refractivity contribution is 0.627. The normalized spacial score (nSPS) is 11.1. The van der Waals surface area contributed by atoms with E-state index in [0.29, 0.717) is 11.4 Å². The zero-order chi connectivity index (χ0) is 13.6. The predicted octanol–water partition coefficient (Wildman–Crippen LogP) is 3.71. The number of aryl methyl sites for hydroxylation is 1. The minimum absolute atomic E-state index is 0.107. The zero-order valence-electron chi connectivity index (χ0n) is 10.2. The predicted molar refractivity (Wildman–Crippen MR) is 75.2 cm³/mol. The number of nitrogen functional groups attached to an aromatic ring is 1. The Hall–Kier alpha value is -2.07. The van der Waals surface area contributed by atoms with E-state index < -0.39 is 5.82 Å². The van der Waals surface area contributed by atoms with Crippen molar-refractivity contribution in [1.29, 1.82) is 0 Å². The van der Waals surface area contributed by atoms with Gasteiger partial charge < -0.3 is 5.73 Å². The average Bonchev–Trinajstić information content (AvgIpc) is 2.68. The van der Waals surface area contributed by atoms with E-state index in [1.54, 1.807) is 18.2 Å². The first-order valence-corrected chi connectivity index (χ1v) is 6.14. The summed E-state index contributed by atoms with van der Waals surface area (Å²) in [6.45, 7) is 1.86. The summed E-state index contributed by atoms with van der Waals surface area (Å²) < 4.78 is 15.5. The summed E-state index contributed by atoms with van der Waals surface area (Å²) in [7, 11) is 0. The Morgan fingerprint density at radius 3 is 2.74 bits per heavy atom. The smallest absolute Gasteiger partial charge is 0.143 e. The molecule has 2 N–H and O–H groups in total. The summed E-state index contributed by atoms with van der Waals surface area (Å²) >= 11 is 5.70. The molecule has 0 saturated carbocycles. The Morgan fingerprint density at radius 2 is 2.00 bits per heavy atom. The van der Waals surface area contributed by atoms with Gasteiger partial charge in [0.15, 0.2) is 0 Å². The molecule has 1 heterocycles. The number of nitrogens with two attached hydrogens (primary N) is 1. The molecule has 19 heavy (non-hydrogen) atoms. The summed E-state index contributed by atoms with van der Waals surface area (Å²) in [5.74, 6) is 0.318. The molecule has 2 aromatic carbocycles. The second kappa shape index (κ2) is 4.24. The van der Waals surface area contributed by atoms with Gasteiger partial charge in [-0.3, -0.25) is 4.57 Å². The molecule has 3 nitrogen and oxygen atoms in total. The third-order valence-electron chi connectivity index (χ3n) is 3.01. The summed E-state index contributed by atoms with van der Waals surface area (Å²) in [5.41, 5.74) is 8.75. The molecule has 0 radical (unpaired) electrons. The van der Waals surface area contributed by atoms with Gasteiger partial charge in [-0.1, -0.05) is 11.6 Å². The van der Waals surface area contributed by atoms with Gasteiger partial charge in [0, 0.05) is 5.69 Å². The van der Waals surface area contributed by atoms with Gasteiger partial charge in [0.1, 0.15) is 11.6 Å². The fraction of sp³-hybridized carbons (Fsp3) is 0.0714. The van der Waals surface area contributed by atoms with Crippen molar-refractivity contribution < 1.29 is 4.39 Å². The minimum Gasteiger partial charge on any atom is -0.399 e. The van der Waals surface area contributed by atoms with Crippen LogP contribution in [0.15, 0.2) is 36.4 Å². The first kappa shape index (κ1) is 12.0. The highest BCUT2D eigenvalue weighted by Gasteiger charge is 2.11. The molecule has 3 rings (SSSR count). The molecule has 0 bridgehead atoms. The number of hydrogen-bond donors (Lipinski definition) is 1. The first-order valence-electron chi connectivity index (χ1n) is 5.76. The molecule has 0 unspecified atom stereocenters. The SMILES string of the molecule is Cc1nc2cc(N)ccc2n1-c1ccc(Cl)c(F)c1. The number of imidazole rings is 1. The molecule has 0 aliphatic carbocycles. The quantitative estimate of drug-likeness (QED) is 0.688. The third kappa shape index (κ3) is 1.94. The van der Waals surface area contributed by atoms with Gasteiger partial charge in [0.25, 0.3) is 0 Å². The monoisotopic (exact) mass is 275 g/mol. The van der Waals surface area contributed by atoms with Crippen LogP contribution in [0.5, 0.6) is 0 Å². The fourth-order valence-electron chi connectivity index (χ4n) is 2.17. The van der Waals surface area contributed by atoms with Gasteiger partial charge in [-0.25, -0.2) is 9.37 Å². The first-order chi connectivity index (χ1) is 9.06. The van der Waals surface area contributed by atoms with Crippen LogP contribution in [0.4, 0.5) is 10.1 Å². The van der Waals surface area contributed by atoms with Crippen molar-refractivity contribution in [2.24, 2.45) is 0 Å². The van der Waals surface area contributed by atoms with Crippen LogP contribution in [0.1, 0.15) is 5.82 Å². The molecule has 0 atom stereocenters. The summed E-state index contributed by atoms with van der Waals surface area (Å²) in [5, 5.41) is 0.107. The molecule has 0 amide bonds. The topological polar surface area (TPSA) is 43.8 Å². The highest BCUT2D eigenvalue weighted by Crippen LogP contribution is 2.25. The van der Waals surface area contributed by atoms with Gasteiger partial charge in [0.2, 0.25) is 0 Å². The van der Waals surface area contributed by atoms with Gasteiger partial charge in [-0.05, 0) is 43.3 Å². The number of fused-ring (bicyclic) bond motifs is 1. The number of anilines is 1. The van der Waals surface area contributed by atoms with Crippen molar-refractivity contribution in [3.05, 3.63) is 53.1 Å². The van der Waals surface area contributed by atoms with Crippen LogP contribution in [0.3, 0.4) is 0 Å². The molecule has 0 saturated heterocycles. The Bertz CT molecular complexity index is 780. The second-order valence-corrected chi connectivity index (χ2v) is 4.75. The molecule has 0 fully saturated rings. The van der Waals surface area contributed by atoms with Crippen molar-refractivity contribution >= 4 is 28.3 Å². The maximum atomic E-state index is 13.6. The van der Waals surface area contributed by atoms with E-state index >= 15 is 0 Å². The largest absolute Gasteiger partial charge is 0.399 e. The standard InChI is InChI=1S/C14H11ClFN3/c1-8-18-13-6-9(17)2-5-14(13)19(8)10-3-4-11(15)12(16)7-10/h2-7H,17H2,1H3. The Kier molecular flexibility index (Phi) is 2.68. The zero-order valence-corrected chi connectivity index (χ0v) is 10.9. The lowest BCUT2D eigenvalue weighted by Gasteiger charge is -2.07. The van der Waals surface area contributed by atoms with Crippen molar-refractivity contribution in [1.82, 2.24) is 9.55 Å². The van der Waals surface area contributed by atoms with Gasteiger partial charge >= 0.3 is 0 Å². The van der Waals surface area contributed by atoms with Gasteiger partial charge in [-0.15, -0.1) is 0 Å². The number of nitrogens with zero attached hydrogens (tertiary/aromatic N) is 2. The molecule has 96 valence electrons. The van der Waals surface area contributed by atoms with E-state index in [2.05, 4.69) is 4.98 Å². The van der Waals surface area contributed by atoms with Crippen LogP contribution in [0.2, 0.25) is 5.02 Å². The molecule has 0 aliphatic rings. The van der Waals surface area contributed by atoms with Crippen molar-refractivity contribution in [2.75, 3.05) is 5.73 Å². The lowest BCUT2D eigenvalue weighted by Crippen LogP contribution is -1.97. The van der Waals surface area contributed by atoms with Gasteiger partial charge in [0.05, 0.1) is 21.7 Å². The molecule has 3 aromatic rings. The highest BCUT2D eigenvalue weighted by molar-refractivity contribution is 6.30. The fourth-order valence-corrected chi connectivity index (χ4v) is 2.29. The Balaban J connectivity index is 2.29. The summed E-state index contributed by atoms with van der Waals surface area (Å²) in [4.78, 5) is 4.43. The summed E-state index contributed by atoms with van der Waals surface area (Å²) in [6, 6.07) is 10.2. The number of benzene rings is 2. The Labute approximate surface area is 114 Å². The van der Waals surface area contributed by atoms with Crippen LogP contribution in [0, 0.1) is 12.7 Å². The minimum atomic E-state index is -0.448. The summed E-state index contributed by atoms with van der Waals surface area (Å²) in [6.07, 6.45) is 0. The number of halogens is 2. The number of aromatic nitrogens is 2. The molecule has 1 aromatic heterocycles. The van der Waals surface area contributed by atoms with Crippen LogP contribution >= 0.6 is 11.6 Å². The van der Waals surface area contributed by atoms with Crippen LogP contribution in [-0.2, 0) is 0 Å². The van der Waals surface area contributed by atoms with E-state index in [1.807, 2.05) is 17.6 Å². The van der Waals surface area contributed by atoms with Crippen LogP contribution < -0.4 is 5.73 Å².